The summed E-state index contributed by atoms with van der Waals surface area (Å²) < 4.78 is 5.77. The summed E-state index contributed by atoms with van der Waals surface area (Å²) in [5.74, 6) is -1.07. The van der Waals surface area contributed by atoms with E-state index < -0.39 is 12.1 Å². The van der Waals surface area contributed by atoms with Gasteiger partial charge in [-0.1, -0.05) is 6.92 Å². The first-order valence-corrected chi connectivity index (χ1v) is 7.45. The molecule has 0 aromatic rings. The average molecular weight is 285 g/mol. The van der Waals surface area contributed by atoms with Gasteiger partial charge in [0.15, 0.2) is 0 Å². The lowest BCUT2D eigenvalue weighted by molar-refractivity contribution is -0.147. The van der Waals surface area contributed by atoms with Crippen molar-refractivity contribution in [1.82, 2.24) is 5.32 Å². The van der Waals surface area contributed by atoms with Crippen molar-refractivity contribution < 1.29 is 19.4 Å². The van der Waals surface area contributed by atoms with Crippen LogP contribution in [-0.2, 0) is 14.3 Å². The Morgan fingerprint density at radius 3 is 2.30 bits per heavy atom. The minimum absolute atomic E-state index is 0.00362. The minimum atomic E-state index is -0.723. The van der Waals surface area contributed by atoms with Crippen molar-refractivity contribution >= 4 is 11.9 Å². The second-order valence-electron chi connectivity index (χ2n) is 6.32. The fourth-order valence-electron chi connectivity index (χ4n) is 2.32. The van der Waals surface area contributed by atoms with Crippen molar-refractivity contribution in [2.24, 2.45) is 5.92 Å². The van der Waals surface area contributed by atoms with Gasteiger partial charge in [-0.05, 0) is 52.9 Å². The molecule has 0 heterocycles. The van der Waals surface area contributed by atoms with E-state index in [9.17, 15) is 9.59 Å². The van der Waals surface area contributed by atoms with Crippen molar-refractivity contribution in [3.63, 3.8) is 0 Å². The quantitative estimate of drug-likeness (QED) is 0.785. The number of hydrogen-bond donors (Lipinski definition) is 2. The van der Waals surface area contributed by atoms with Crippen LogP contribution in [-0.4, -0.2) is 34.7 Å². The topological polar surface area (TPSA) is 75.6 Å². The largest absolute Gasteiger partial charge is 0.481 e. The predicted octanol–water partition coefficient (Wildman–Crippen LogP) is 2.34. The number of ether oxygens (including phenoxy) is 1. The third-order valence-corrected chi connectivity index (χ3v) is 4.13. The summed E-state index contributed by atoms with van der Waals surface area (Å²) in [5.41, 5.74) is -0.227. The second-order valence-corrected chi connectivity index (χ2v) is 6.32. The molecule has 0 radical (unpaired) electrons. The molecule has 2 N–H and O–H groups in total. The SMILES string of the molecule is CCC(C)(C)NC(=O)C(C)OC1CCC(C(=O)O)CC1. The van der Waals surface area contributed by atoms with Crippen LogP contribution >= 0.6 is 0 Å². The number of carboxylic acids is 1. The Kier molecular flexibility index (Phi) is 5.99. The zero-order valence-corrected chi connectivity index (χ0v) is 12.9. The highest BCUT2D eigenvalue weighted by molar-refractivity contribution is 5.81. The summed E-state index contributed by atoms with van der Waals surface area (Å²) >= 11 is 0. The molecule has 1 saturated carbocycles. The van der Waals surface area contributed by atoms with Crippen molar-refractivity contribution in [3.8, 4) is 0 Å². The summed E-state index contributed by atoms with van der Waals surface area (Å²) in [6, 6.07) is 0. The second kappa shape index (κ2) is 7.07. The number of amides is 1. The van der Waals surface area contributed by atoms with E-state index in [4.69, 9.17) is 9.84 Å². The summed E-state index contributed by atoms with van der Waals surface area (Å²) in [7, 11) is 0. The molecular weight excluding hydrogens is 258 g/mol. The van der Waals surface area contributed by atoms with Gasteiger partial charge in [0.2, 0.25) is 5.91 Å². The van der Waals surface area contributed by atoms with E-state index in [-0.39, 0.29) is 23.5 Å². The fourth-order valence-corrected chi connectivity index (χ4v) is 2.32. The molecule has 1 aliphatic carbocycles. The van der Waals surface area contributed by atoms with E-state index in [0.29, 0.717) is 25.7 Å². The third kappa shape index (κ3) is 5.12. The zero-order chi connectivity index (χ0) is 15.3. The Bertz CT molecular complexity index is 346. The van der Waals surface area contributed by atoms with Gasteiger partial charge < -0.3 is 15.2 Å². The minimum Gasteiger partial charge on any atom is -0.481 e. The summed E-state index contributed by atoms with van der Waals surface area (Å²) in [5, 5.41) is 11.9. The molecule has 20 heavy (non-hydrogen) atoms. The molecule has 1 aliphatic rings. The molecule has 5 heteroatoms. The van der Waals surface area contributed by atoms with Crippen molar-refractivity contribution in [2.45, 2.75) is 77.5 Å². The van der Waals surface area contributed by atoms with Crippen LogP contribution in [0.25, 0.3) is 0 Å². The fraction of sp³-hybridized carbons (Fsp3) is 0.867. The Morgan fingerprint density at radius 1 is 1.30 bits per heavy atom. The van der Waals surface area contributed by atoms with Crippen molar-refractivity contribution in [2.75, 3.05) is 0 Å². The van der Waals surface area contributed by atoms with Gasteiger partial charge in [0.1, 0.15) is 6.10 Å². The normalized spacial score (nSPS) is 25.0. The number of aliphatic carboxylic acids is 1. The van der Waals surface area contributed by atoms with Crippen molar-refractivity contribution in [1.29, 1.82) is 0 Å². The summed E-state index contributed by atoms with van der Waals surface area (Å²) in [6.45, 7) is 7.74. The number of hydrogen-bond acceptors (Lipinski definition) is 3. The van der Waals surface area contributed by atoms with Gasteiger partial charge in [-0.25, -0.2) is 0 Å². The van der Waals surface area contributed by atoms with Crippen LogP contribution in [0.4, 0.5) is 0 Å². The van der Waals surface area contributed by atoms with Crippen LogP contribution in [0, 0.1) is 5.92 Å². The molecule has 1 amide bonds. The maximum atomic E-state index is 12.0. The van der Waals surface area contributed by atoms with E-state index in [1.165, 1.54) is 0 Å². The molecule has 0 spiro atoms. The number of rotatable bonds is 6. The van der Waals surface area contributed by atoms with Gasteiger partial charge in [-0.2, -0.15) is 0 Å². The van der Waals surface area contributed by atoms with Gasteiger partial charge in [-0.3, -0.25) is 9.59 Å². The molecule has 5 nitrogen and oxygen atoms in total. The van der Waals surface area contributed by atoms with Crippen LogP contribution in [0.1, 0.15) is 59.8 Å². The van der Waals surface area contributed by atoms with E-state index in [1.807, 2.05) is 20.8 Å². The van der Waals surface area contributed by atoms with Crippen LogP contribution in [0.3, 0.4) is 0 Å². The first-order valence-electron chi connectivity index (χ1n) is 7.45. The first-order chi connectivity index (χ1) is 9.25. The van der Waals surface area contributed by atoms with Gasteiger partial charge in [0.25, 0.3) is 0 Å². The monoisotopic (exact) mass is 285 g/mol. The molecule has 1 fully saturated rings. The molecule has 0 aromatic carbocycles. The van der Waals surface area contributed by atoms with E-state index in [0.717, 1.165) is 6.42 Å². The maximum Gasteiger partial charge on any atom is 0.306 e. The number of carbonyl (C=O) groups is 2. The van der Waals surface area contributed by atoms with Crippen LogP contribution in [0.2, 0.25) is 0 Å². The van der Waals surface area contributed by atoms with E-state index >= 15 is 0 Å². The first kappa shape index (κ1) is 17.0. The summed E-state index contributed by atoms with van der Waals surface area (Å²) in [4.78, 5) is 22.9. The molecule has 0 aromatic heterocycles. The van der Waals surface area contributed by atoms with Crippen LogP contribution in [0.5, 0.6) is 0 Å². The number of nitrogens with one attached hydrogen (secondary N) is 1. The molecule has 1 atom stereocenters. The zero-order valence-electron chi connectivity index (χ0n) is 12.9. The molecular formula is C15H27NO4. The Hall–Kier alpha value is -1.10. The molecule has 0 saturated heterocycles. The smallest absolute Gasteiger partial charge is 0.306 e. The average Bonchev–Trinajstić information content (AvgIpc) is 2.38. The Morgan fingerprint density at radius 2 is 1.85 bits per heavy atom. The molecule has 0 aliphatic heterocycles. The van der Waals surface area contributed by atoms with Gasteiger partial charge >= 0.3 is 5.97 Å². The highest BCUT2D eigenvalue weighted by Crippen LogP contribution is 2.27. The molecule has 1 unspecified atom stereocenters. The lowest BCUT2D eigenvalue weighted by atomic mass is 9.87. The van der Waals surface area contributed by atoms with E-state index in [1.54, 1.807) is 6.92 Å². The lowest BCUT2D eigenvalue weighted by Gasteiger charge is -2.30. The lowest BCUT2D eigenvalue weighted by Crippen LogP contribution is -2.48. The Balaban J connectivity index is 2.38. The maximum absolute atomic E-state index is 12.0. The third-order valence-electron chi connectivity index (χ3n) is 4.13. The molecule has 0 bridgehead atoms. The standard InChI is InChI=1S/C15H27NO4/c1-5-15(3,4)16-13(17)10(2)20-12-8-6-11(7-9-12)14(18)19/h10-12H,5-9H2,1-4H3,(H,16,17)(H,18,19). The number of carboxylic acid groups (broad SMARTS) is 1. The molecule has 1 rings (SSSR count). The predicted molar refractivity (Wildman–Crippen MR) is 76.4 cm³/mol. The Labute approximate surface area is 121 Å². The highest BCUT2D eigenvalue weighted by Gasteiger charge is 2.29. The molecule has 116 valence electrons. The van der Waals surface area contributed by atoms with Crippen LogP contribution in [0.15, 0.2) is 0 Å². The van der Waals surface area contributed by atoms with E-state index in [2.05, 4.69) is 5.32 Å². The highest BCUT2D eigenvalue weighted by atomic mass is 16.5. The van der Waals surface area contributed by atoms with Crippen molar-refractivity contribution in [3.05, 3.63) is 0 Å². The van der Waals surface area contributed by atoms with Gasteiger partial charge in [-0.15, -0.1) is 0 Å². The van der Waals surface area contributed by atoms with Gasteiger partial charge in [0, 0.05) is 5.54 Å². The van der Waals surface area contributed by atoms with Crippen LogP contribution < -0.4 is 5.32 Å². The summed E-state index contributed by atoms with van der Waals surface area (Å²) in [6.07, 6.45) is 3.05. The number of carbonyl (C=O) groups excluding carboxylic acids is 1. The van der Waals surface area contributed by atoms with Gasteiger partial charge in [0.05, 0.1) is 12.0 Å².